The molecule has 23 heavy (non-hydrogen) atoms. The molecule has 1 aliphatic heterocycles. The molecule has 1 atom stereocenters. The largest absolute Gasteiger partial charge is 0.326 e. The van der Waals surface area contributed by atoms with Crippen molar-refractivity contribution >= 4 is 58.2 Å². The molecule has 1 heterocycles. The number of para-hydroxylation sites is 1. The van der Waals surface area contributed by atoms with E-state index in [0.29, 0.717) is 15.7 Å². The number of rotatable bonds is 3. The summed E-state index contributed by atoms with van der Waals surface area (Å²) in [5.74, 6) is -0.423. The van der Waals surface area contributed by atoms with Gasteiger partial charge in [0.1, 0.15) is 0 Å². The minimum Gasteiger partial charge on any atom is -0.326 e. The molecule has 2 N–H and O–H groups in total. The van der Waals surface area contributed by atoms with Crippen molar-refractivity contribution in [1.82, 2.24) is 0 Å². The van der Waals surface area contributed by atoms with E-state index >= 15 is 0 Å². The number of hydrogen-bond donors (Lipinski definition) is 2. The summed E-state index contributed by atoms with van der Waals surface area (Å²) in [6.45, 7) is 0. The van der Waals surface area contributed by atoms with Crippen molar-refractivity contribution in [2.75, 3.05) is 10.6 Å². The van der Waals surface area contributed by atoms with E-state index in [-0.39, 0.29) is 18.2 Å². The van der Waals surface area contributed by atoms with Crippen molar-refractivity contribution in [3.05, 3.63) is 52.5 Å². The van der Waals surface area contributed by atoms with E-state index in [2.05, 4.69) is 10.6 Å². The zero-order valence-electron chi connectivity index (χ0n) is 11.8. The van der Waals surface area contributed by atoms with Crippen LogP contribution in [0, 0.1) is 0 Å². The lowest BCUT2D eigenvalue weighted by molar-refractivity contribution is -0.120. The Hall–Kier alpha value is -1.69. The minimum absolute atomic E-state index is 0.0745. The fourth-order valence-electron chi connectivity index (χ4n) is 2.18. The fourth-order valence-corrected chi connectivity index (χ4v) is 3.59. The summed E-state index contributed by atoms with van der Waals surface area (Å²) in [6, 6.07) is 12.4. The van der Waals surface area contributed by atoms with Crippen LogP contribution in [0.4, 0.5) is 11.4 Å². The Balaban J connectivity index is 1.66. The van der Waals surface area contributed by atoms with Gasteiger partial charge in [0.05, 0.1) is 21.0 Å². The van der Waals surface area contributed by atoms with Crippen LogP contribution in [-0.4, -0.2) is 17.1 Å². The number of halogens is 2. The van der Waals surface area contributed by atoms with E-state index in [1.54, 1.807) is 18.2 Å². The van der Waals surface area contributed by atoms with Gasteiger partial charge in [0.15, 0.2) is 0 Å². The van der Waals surface area contributed by atoms with Crippen molar-refractivity contribution in [3.63, 3.8) is 0 Å². The Bertz CT molecular complexity index is 782. The first kappa shape index (κ1) is 16.2. The number of benzene rings is 2. The Labute approximate surface area is 147 Å². The third-order valence-corrected chi connectivity index (χ3v) is 5.29. The molecule has 0 saturated carbocycles. The normalized spacial score (nSPS) is 16.4. The van der Waals surface area contributed by atoms with Gasteiger partial charge in [-0.1, -0.05) is 35.3 Å². The number of fused-ring (bicyclic) bond motifs is 1. The maximum absolute atomic E-state index is 12.2. The first-order chi connectivity index (χ1) is 11.0. The smallest absolute Gasteiger partial charge is 0.238 e. The van der Waals surface area contributed by atoms with Crippen LogP contribution in [-0.2, 0) is 9.59 Å². The van der Waals surface area contributed by atoms with Gasteiger partial charge in [-0.2, -0.15) is 0 Å². The summed E-state index contributed by atoms with van der Waals surface area (Å²) >= 11 is 13.1. The van der Waals surface area contributed by atoms with Crippen molar-refractivity contribution in [1.29, 1.82) is 0 Å². The van der Waals surface area contributed by atoms with E-state index in [4.69, 9.17) is 23.2 Å². The van der Waals surface area contributed by atoms with Gasteiger partial charge in [0, 0.05) is 17.0 Å². The molecule has 0 aliphatic carbocycles. The molecule has 0 saturated heterocycles. The Morgan fingerprint density at radius 2 is 1.96 bits per heavy atom. The molecule has 0 spiro atoms. The summed E-state index contributed by atoms with van der Waals surface area (Å²) in [7, 11) is 0. The molecule has 0 radical (unpaired) electrons. The third-order valence-electron chi connectivity index (χ3n) is 3.28. The molecule has 0 fully saturated rings. The number of hydrogen-bond acceptors (Lipinski definition) is 3. The molecule has 118 valence electrons. The Morgan fingerprint density at radius 3 is 2.74 bits per heavy atom. The monoisotopic (exact) mass is 366 g/mol. The Morgan fingerprint density at radius 1 is 1.17 bits per heavy atom. The van der Waals surface area contributed by atoms with E-state index in [1.165, 1.54) is 11.8 Å². The van der Waals surface area contributed by atoms with Crippen LogP contribution in [0.1, 0.15) is 6.42 Å². The highest BCUT2D eigenvalue weighted by atomic mass is 35.5. The van der Waals surface area contributed by atoms with Crippen LogP contribution >= 0.6 is 35.0 Å². The molecular weight excluding hydrogens is 355 g/mol. The summed E-state index contributed by atoms with van der Waals surface area (Å²) in [5.41, 5.74) is 1.33. The fraction of sp³-hybridized carbons (Fsp3) is 0.125. The zero-order valence-corrected chi connectivity index (χ0v) is 14.1. The summed E-state index contributed by atoms with van der Waals surface area (Å²) in [5, 5.41) is 5.86. The van der Waals surface area contributed by atoms with Crippen LogP contribution in [0.5, 0.6) is 0 Å². The summed E-state index contributed by atoms with van der Waals surface area (Å²) < 4.78 is 0. The van der Waals surface area contributed by atoms with E-state index in [1.807, 2.05) is 24.3 Å². The van der Waals surface area contributed by atoms with Gasteiger partial charge in [-0.25, -0.2) is 0 Å². The van der Waals surface area contributed by atoms with E-state index in [0.717, 1.165) is 10.6 Å². The average molecular weight is 367 g/mol. The number of carbonyl (C=O) groups excluding carboxylic acids is 2. The number of anilines is 2. The molecule has 2 aromatic rings. The molecule has 0 bridgehead atoms. The lowest BCUT2D eigenvalue weighted by atomic mass is 10.2. The number of nitrogens with one attached hydrogen (secondary N) is 2. The highest BCUT2D eigenvalue weighted by Crippen LogP contribution is 2.36. The maximum Gasteiger partial charge on any atom is 0.238 e. The van der Waals surface area contributed by atoms with Crippen molar-refractivity contribution < 1.29 is 9.59 Å². The SMILES string of the molecule is O=C(C[C@@H]1Sc2ccccc2NC1=O)Nc1ccc(Cl)c(Cl)c1. The molecule has 3 rings (SSSR count). The van der Waals surface area contributed by atoms with Gasteiger partial charge < -0.3 is 10.6 Å². The van der Waals surface area contributed by atoms with Crippen molar-refractivity contribution in [3.8, 4) is 0 Å². The van der Waals surface area contributed by atoms with Crippen LogP contribution in [0.3, 0.4) is 0 Å². The van der Waals surface area contributed by atoms with Gasteiger partial charge in [-0.3, -0.25) is 9.59 Å². The standard InChI is InChI=1S/C16H12Cl2N2O2S/c17-10-6-5-9(7-11(10)18)19-15(21)8-14-16(22)20-12-3-1-2-4-13(12)23-14/h1-7,14H,8H2,(H,19,21)(H,20,22)/t14-/m0/s1. The van der Waals surface area contributed by atoms with Crippen LogP contribution in [0.25, 0.3) is 0 Å². The molecule has 0 aromatic heterocycles. The van der Waals surface area contributed by atoms with Crippen molar-refractivity contribution in [2.24, 2.45) is 0 Å². The highest BCUT2D eigenvalue weighted by molar-refractivity contribution is 8.01. The Kier molecular flexibility index (Phi) is 4.80. The topological polar surface area (TPSA) is 58.2 Å². The molecule has 7 heteroatoms. The number of carbonyl (C=O) groups is 2. The van der Waals surface area contributed by atoms with Crippen LogP contribution < -0.4 is 10.6 Å². The maximum atomic E-state index is 12.2. The summed E-state index contributed by atoms with van der Waals surface area (Å²) in [4.78, 5) is 25.2. The van der Waals surface area contributed by atoms with Gasteiger partial charge >= 0.3 is 0 Å². The van der Waals surface area contributed by atoms with E-state index in [9.17, 15) is 9.59 Å². The van der Waals surface area contributed by atoms with Crippen LogP contribution in [0.15, 0.2) is 47.4 Å². The van der Waals surface area contributed by atoms with Crippen molar-refractivity contribution in [2.45, 2.75) is 16.6 Å². The molecule has 2 amide bonds. The zero-order chi connectivity index (χ0) is 16.4. The quantitative estimate of drug-likeness (QED) is 0.844. The number of thioether (sulfide) groups is 1. The summed E-state index contributed by atoms with van der Waals surface area (Å²) in [6.07, 6.45) is 0.0745. The van der Waals surface area contributed by atoms with Gasteiger partial charge in [-0.05, 0) is 30.3 Å². The molecule has 1 aliphatic rings. The third kappa shape index (κ3) is 3.80. The highest BCUT2D eigenvalue weighted by Gasteiger charge is 2.28. The second-order valence-electron chi connectivity index (χ2n) is 4.97. The number of amides is 2. The first-order valence-corrected chi connectivity index (χ1v) is 8.48. The molecular formula is C16H12Cl2N2O2S. The molecule has 4 nitrogen and oxygen atoms in total. The molecule has 2 aromatic carbocycles. The van der Waals surface area contributed by atoms with Gasteiger partial charge in [-0.15, -0.1) is 11.8 Å². The van der Waals surface area contributed by atoms with Crippen LogP contribution in [0.2, 0.25) is 10.0 Å². The predicted molar refractivity (Wildman–Crippen MR) is 94.4 cm³/mol. The van der Waals surface area contributed by atoms with E-state index < -0.39 is 5.25 Å². The minimum atomic E-state index is -0.465. The lowest BCUT2D eigenvalue weighted by Gasteiger charge is -2.23. The second kappa shape index (κ2) is 6.83. The lowest BCUT2D eigenvalue weighted by Crippen LogP contribution is -2.32. The predicted octanol–water partition coefficient (Wildman–Crippen LogP) is 4.44. The average Bonchev–Trinajstić information content (AvgIpc) is 2.51. The first-order valence-electron chi connectivity index (χ1n) is 6.84. The van der Waals surface area contributed by atoms with Gasteiger partial charge in [0.2, 0.25) is 11.8 Å². The van der Waals surface area contributed by atoms with Gasteiger partial charge in [0.25, 0.3) is 0 Å². The second-order valence-corrected chi connectivity index (χ2v) is 7.03. The molecule has 0 unspecified atom stereocenters.